The molecule has 1 aromatic carbocycles. The minimum absolute atomic E-state index is 0.104. The fourth-order valence-corrected chi connectivity index (χ4v) is 2.86. The summed E-state index contributed by atoms with van der Waals surface area (Å²) in [5, 5.41) is 3.40. The second-order valence-corrected chi connectivity index (χ2v) is 5.16. The van der Waals surface area contributed by atoms with E-state index in [9.17, 15) is 0 Å². The van der Waals surface area contributed by atoms with E-state index >= 15 is 0 Å². The number of aromatic nitrogens is 1. The van der Waals surface area contributed by atoms with Crippen LogP contribution in [0.25, 0.3) is 0 Å². The molecule has 0 fully saturated rings. The first kappa shape index (κ1) is 13.3. The average Bonchev–Trinajstić information content (AvgIpc) is 2.53. The lowest BCUT2D eigenvalue weighted by molar-refractivity contribution is 0.0170. The number of hydrogen-bond donors (Lipinski definition) is 1. The minimum Gasteiger partial charge on any atom is -0.372 e. The molecule has 0 amide bonds. The third-order valence-electron chi connectivity index (χ3n) is 3.92. The van der Waals surface area contributed by atoms with Gasteiger partial charge in [-0.25, -0.2) is 0 Å². The van der Waals surface area contributed by atoms with Gasteiger partial charge in [0.15, 0.2) is 0 Å². The third kappa shape index (κ3) is 2.74. The van der Waals surface area contributed by atoms with Crippen LogP contribution in [-0.2, 0) is 17.6 Å². The Bertz CT molecular complexity index is 556. The molecule has 0 saturated carbocycles. The largest absolute Gasteiger partial charge is 0.372 e. The summed E-state index contributed by atoms with van der Waals surface area (Å²) < 4.78 is 6.04. The quantitative estimate of drug-likeness (QED) is 0.925. The van der Waals surface area contributed by atoms with Gasteiger partial charge < -0.3 is 10.1 Å². The predicted molar refractivity (Wildman–Crippen MR) is 79.6 cm³/mol. The molecule has 0 spiro atoms. The van der Waals surface area contributed by atoms with Gasteiger partial charge in [-0.2, -0.15) is 0 Å². The Morgan fingerprint density at radius 1 is 1.25 bits per heavy atom. The van der Waals surface area contributed by atoms with Gasteiger partial charge in [0.1, 0.15) is 0 Å². The molecule has 1 N–H and O–H groups in total. The van der Waals surface area contributed by atoms with Gasteiger partial charge in [-0.1, -0.05) is 30.3 Å². The van der Waals surface area contributed by atoms with E-state index in [0.29, 0.717) is 0 Å². The minimum atomic E-state index is 0.104. The zero-order valence-corrected chi connectivity index (χ0v) is 11.8. The summed E-state index contributed by atoms with van der Waals surface area (Å²) in [6, 6.07) is 14.9. The molecule has 2 atom stereocenters. The van der Waals surface area contributed by atoms with Crippen LogP contribution < -0.4 is 5.32 Å². The highest BCUT2D eigenvalue weighted by molar-refractivity contribution is 5.32. The first-order valence-corrected chi connectivity index (χ1v) is 7.15. The van der Waals surface area contributed by atoms with Gasteiger partial charge in [-0.05, 0) is 36.7 Å². The lowest BCUT2D eigenvalue weighted by atomic mass is 9.91. The number of nitrogens with zero attached hydrogens (tertiary/aromatic N) is 1. The summed E-state index contributed by atoms with van der Waals surface area (Å²) in [7, 11) is 1.99. The van der Waals surface area contributed by atoms with Gasteiger partial charge in [0.05, 0.1) is 12.7 Å². The first-order chi connectivity index (χ1) is 9.88. The number of pyridine rings is 1. The molecule has 0 radical (unpaired) electrons. The van der Waals surface area contributed by atoms with Crippen LogP contribution in [0.2, 0.25) is 0 Å². The van der Waals surface area contributed by atoms with E-state index < -0.39 is 0 Å². The number of likely N-dealkylation sites (N-methyl/N-ethyl adjacent to an activating group) is 1. The molecule has 2 heterocycles. The summed E-state index contributed by atoms with van der Waals surface area (Å²) in [4.78, 5) is 4.42. The second kappa shape index (κ2) is 6.16. The van der Waals surface area contributed by atoms with Crippen LogP contribution in [0.4, 0.5) is 0 Å². The maximum atomic E-state index is 6.04. The summed E-state index contributed by atoms with van der Waals surface area (Å²) in [5.74, 6) is 0. The van der Waals surface area contributed by atoms with Crippen LogP contribution in [0.3, 0.4) is 0 Å². The van der Waals surface area contributed by atoms with Crippen LogP contribution in [-0.4, -0.2) is 24.7 Å². The molecule has 0 saturated heterocycles. The van der Waals surface area contributed by atoms with E-state index in [1.807, 2.05) is 25.4 Å². The third-order valence-corrected chi connectivity index (χ3v) is 3.92. The number of benzene rings is 1. The molecule has 1 aliphatic heterocycles. The molecule has 3 heteroatoms. The SMILES string of the molecule is CNC(Cc1ccccn1)C1OCCc2ccccc21. The summed E-state index contributed by atoms with van der Waals surface area (Å²) in [5.41, 5.74) is 3.82. The number of ether oxygens (including phenoxy) is 1. The van der Waals surface area contributed by atoms with Gasteiger partial charge in [0.25, 0.3) is 0 Å². The van der Waals surface area contributed by atoms with E-state index in [0.717, 1.165) is 25.1 Å². The van der Waals surface area contributed by atoms with Crippen molar-refractivity contribution in [3.63, 3.8) is 0 Å². The van der Waals surface area contributed by atoms with Crippen molar-refractivity contribution in [2.45, 2.75) is 25.0 Å². The fraction of sp³-hybridized carbons (Fsp3) is 0.353. The Morgan fingerprint density at radius 3 is 2.90 bits per heavy atom. The molecule has 3 rings (SSSR count). The Morgan fingerprint density at radius 2 is 2.10 bits per heavy atom. The van der Waals surface area contributed by atoms with Crippen molar-refractivity contribution in [2.75, 3.05) is 13.7 Å². The van der Waals surface area contributed by atoms with Crippen LogP contribution in [0, 0.1) is 0 Å². The first-order valence-electron chi connectivity index (χ1n) is 7.15. The lowest BCUT2D eigenvalue weighted by Gasteiger charge is -2.32. The highest BCUT2D eigenvalue weighted by atomic mass is 16.5. The van der Waals surface area contributed by atoms with Crippen molar-refractivity contribution < 1.29 is 4.74 Å². The second-order valence-electron chi connectivity index (χ2n) is 5.16. The monoisotopic (exact) mass is 268 g/mol. The van der Waals surface area contributed by atoms with E-state index in [1.54, 1.807) is 0 Å². The van der Waals surface area contributed by atoms with E-state index in [4.69, 9.17) is 4.74 Å². The zero-order valence-electron chi connectivity index (χ0n) is 11.8. The Hall–Kier alpha value is -1.71. The number of fused-ring (bicyclic) bond motifs is 1. The number of rotatable bonds is 4. The van der Waals surface area contributed by atoms with Crippen molar-refractivity contribution in [3.05, 3.63) is 65.5 Å². The van der Waals surface area contributed by atoms with Crippen LogP contribution in [0.15, 0.2) is 48.7 Å². The molecule has 104 valence electrons. The number of nitrogens with one attached hydrogen (secondary N) is 1. The summed E-state index contributed by atoms with van der Waals surface area (Å²) in [6.45, 7) is 0.794. The fourth-order valence-electron chi connectivity index (χ4n) is 2.86. The van der Waals surface area contributed by atoms with Gasteiger partial charge in [0.2, 0.25) is 0 Å². The van der Waals surface area contributed by atoms with Gasteiger partial charge in [0, 0.05) is 24.4 Å². The van der Waals surface area contributed by atoms with Crippen LogP contribution in [0.5, 0.6) is 0 Å². The van der Waals surface area contributed by atoms with E-state index in [2.05, 4.69) is 40.6 Å². The standard InChI is InChI=1S/C17H20N2O/c1-18-16(12-14-7-4-5-10-19-14)17-15-8-3-2-6-13(15)9-11-20-17/h2-8,10,16-18H,9,11-12H2,1H3. The Labute approximate surface area is 120 Å². The predicted octanol–water partition coefficient (Wildman–Crippen LogP) is 2.53. The van der Waals surface area contributed by atoms with Gasteiger partial charge in [-0.15, -0.1) is 0 Å². The van der Waals surface area contributed by atoms with Crippen molar-refractivity contribution in [3.8, 4) is 0 Å². The van der Waals surface area contributed by atoms with Crippen molar-refractivity contribution >= 4 is 0 Å². The molecule has 20 heavy (non-hydrogen) atoms. The molecule has 3 nitrogen and oxygen atoms in total. The Balaban J connectivity index is 1.84. The van der Waals surface area contributed by atoms with E-state index in [1.165, 1.54) is 11.1 Å². The molecular formula is C17H20N2O. The summed E-state index contributed by atoms with van der Waals surface area (Å²) in [6.07, 6.45) is 3.83. The normalized spacial score (nSPS) is 19.4. The Kier molecular flexibility index (Phi) is 4.09. The highest BCUT2D eigenvalue weighted by Gasteiger charge is 2.28. The zero-order chi connectivity index (χ0) is 13.8. The lowest BCUT2D eigenvalue weighted by Crippen LogP contribution is -2.38. The highest BCUT2D eigenvalue weighted by Crippen LogP contribution is 2.30. The maximum absolute atomic E-state index is 6.04. The van der Waals surface area contributed by atoms with Crippen LogP contribution in [0.1, 0.15) is 22.9 Å². The smallest absolute Gasteiger partial charge is 0.0984 e. The average molecular weight is 268 g/mol. The summed E-state index contributed by atoms with van der Waals surface area (Å²) >= 11 is 0. The maximum Gasteiger partial charge on any atom is 0.0984 e. The molecule has 2 unspecified atom stereocenters. The van der Waals surface area contributed by atoms with Crippen molar-refractivity contribution in [1.82, 2.24) is 10.3 Å². The molecule has 2 aromatic rings. The van der Waals surface area contributed by atoms with E-state index in [-0.39, 0.29) is 12.1 Å². The van der Waals surface area contributed by atoms with Crippen molar-refractivity contribution in [2.24, 2.45) is 0 Å². The molecule has 0 aliphatic carbocycles. The molecule has 1 aromatic heterocycles. The molecule has 0 bridgehead atoms. The van der Waals surface area contributed by atoms with Crippen molar-refractivity contribution in [1.29, 1.82) is 0 Å². The van der Waals surface area contributed by atoms with Crippen LogP contribution >= 0.6 is 0 Å². The molecular weight excluding hydrogens is 248 g/mol. The number of hydrogen-bond acceptors (Lipinski definition) is 3. The van der Waals surface area contributed by atoms with Gasteiger partial charge in [-0.3, -0.25) is 4.98 Å². The topological polar surface area (TPSA) is 34.2 Å². The molecule has 1 aliphatic rings. The van der Waals surface area contributed by atoms with Gasteiger partial charge >= 0.3 is 0 Å².